The number of nitro benzene ring substituents is 1. The number of aromatic hydroxyl groups is 1. The van der Waals surface area contributed by atoms with Gasteiger partial charge in [0.25, 0.3) is 5.69 Å². The fraction of sp³-hybridized carbons (Fsp3) is 0.400. The molecule has 0 aliphatic carbocycles. The highest BCUT2D eigenvalue weighted by Crippen LogP contribution is 2.29. The van der Waals surface area contributed by atoms with E-state index in [2.05, 4.69) is 0 Å². The van der Waals surface area contributed by atoms with Gasteiger partial charge >= 0.3 is 0 Å². The predicted molar refractivity (Wildman–Crippen MR) is 58.0 cm³/mol. The number of nitro groups is 1. The maximum Gasteiger partial charge on any atom is 0.274 e. The summed E-state index contributed by atoms with van der Waals surface area (Å²) in [5, 5.41) is 29.5. The molecule has 16 heavy (non-hydrogen) atoms. The highest BCUT2D eigenvalue weighted by atomic mass is 16.6. The first-order valence-corrected chi connectivity index (χ1v) is 4.88. The number of nitrogens with two attached hydrogens (primary N) is 1. The Morgan fingerprint density at radius 3 is 2.69 bits per heavy atom. The first kappa shape index (κ1) is 12.4. The fourth-order valence-corrected chi connectivity index (χ4v) is 1.44. The van der Waals surface area contributed by atoms with Gasteiger partial charge in [0.1, 0.15) is 5.75 Å². The molecule has 0 bridgehead atoms. The predicted octanol–water partition coefficient (Wildman–Crippen LogP) is 1.07. The molecule has 6 heteroatoms. The molecule has 0 aliphatic rings. The quantitative estimate of drug-likeness (QED) is 0.525. The van der Waals surface area contributed by atoms with Gasteiger partial charge in [-0.25, -0.2) is 0 Å². The van der Waals surface area contributed by atoms with Crippen molar-refractivity contribution in [3.63, 3.8) is 0 Å². The van der Waals surface area contributed by atoms with Crippen LogP contribution in [0.2, 0.25) is 0 Å². The van der Waals surface area contributed by atoms with E-state index in [0.717, 1.165) is 0 Å². The van der Waals surface area contributed by atoms with Crippen molar-refractivity contribution >= 4 is 5.69 Å². The Hall–Kier alpha value is -1.66. The number of benzene rings is 1. The van der Waals surface area contributed by atoms with Crippen LogP contribution in [0.5, 0.6) is 5.75 Å². The molecule has 4 N–H and O–H groups in total. The normalized spacial score (nSPS) is 14.4. The lowest BCUT2D eigenvalue weighted by Crippen LogP contribution is -2.26. The van der Waals surface area contributed by atoms with E-state index < -0.39 is 17.1 Å². The number of rotatable bonds is 4. The lowest BCUT2D eigenvalue weighted by Gasteiger charge is -2.17. The summed E-state index contributed by atoms with van der Waals surface area (Å²) >= 11 is 0. The molecule has 0 radical (unpaired) electrons. The smallest absolute Gasteiger partial charge is 0.274 e. The van der Waals surface area contributed by atoms with Crippen LogP contribution in [0.3, 0.4) is 0 Å². The van der Waals surface area contributed by atoms with E-state index in [1.165, 1.54) is 18.2 Å². The van der Waals surface area contributed by atoms with Gasteiger partial charge in [-0.2, -0.15) is 0 Å². The van der Waals surface area contributed by atoms with Crippen LogP contribution < -0.4 is 5.73 Å². The highest BCUT2D eigenvalue weighted by molar-refractivity contribution is 5.46. The summed E-state index contributed by atoms with van der Waals surface area (Å²) < 4.78 is 0. The number of phenols is 1. The van der Waals surface area contributed by atoms with Crippen molar-refractivity contribution in [2.75, 3.05) is 0 Å². The van der Waals surface area contributed by atoms with Gasteiger partial charge in [-0.3, -0.25) is 10.1 Å². The first-order valence-electron chi connectivity index (χ1n) is 4.88. The summed E-state index contributed by atoms with van der Waals surface area (Å²) in [4.78, 5) is 10.1. The standard InChI is InChI=1S/C10H14N2O4/c1-2-9(14)10(11)7-5-6(13)3-4-8(7)12(15)16/h3-5,9-10,13-14H,2,11H2,1H3/t9-,10+/m0/s1. The molecule has 0 saturated heterocycles. The van der Waals surface area contributed by atoms with E-state index in [-0.39, 0.29) is 17.0 Å². The number of aliphatic hydroxyl groups excluding tert-OH is 1. The Morgan fingerprint density at radius 1 is 1.56 bits per heavy atom. The van der Waals surface area contributed by atoms with Crippen LogP contribution in [0.15, 0.2) is 18.2 Å². The molecule has 0 fully saturated rings. The zero-order chi connectivity index (χ0) is 12.3. The molecule has 0 aromatic heterocycles. The van der Waals surface area contributed by atoms with Gasteiger partial charge < -0.3 is 15.9 Å². The topological polar surface area (TPSA) is 110 Å². The van der Waals surface area contributed by atoms with Crippen LogP contribution in [0.1, 0.15) is 24.9 Å². The zero-order valence-electron chi connectivity index (χ0n) is 8.83. The third kappa shape index (κ3) is 2.47. The molecular formula is C10H14N2O4. The minimum Gasteiger partial charge on any atom is -0.508 e. The summed E-state index contributed by atoms with van der Waals surface area (Å²) in [6, 6.07) is 2.72. The summed E-state index contributed by atoms with van der Waals surface area (Å²) in [6.07, 6.45) is -0.492. The van der Waals surface area contributed by atoms with Crippen LogP contribution in [0, 0.1) is 10.1 Å². The van der Waals surface area contributed by atoms with Crippen molar-refractivity contribution < 1.29 is 15.1 Å². The van der Waals surface area contributed by atoms with E-state index in [9.17, 15) is 20.3 Å². The molecule has 2 atom stereocenters. The van der Waals surface area contributed by atoms with E-state index in [0.29, 0.717) is 6.42 Å². The SMILES string of the molecule is CC[C@H](O)[C@H](N)c1cc(O)ccc1[N+](=O)[O-]. The Morgan fingerprint density at radius 2 is 2.19 bits per heavy atom. The molecule has 1 aromatic carbocycles. The third-order valence-electron chi connectivity index (χ3n) is 2.40. The summed E-state index contributed by atoms with van der Waals surface area (Å²) in [7, 11) is 0. The van der Waals surface area contributed by atoms with Crippen molar-refractivity contribution in [3.05, 3.63) is 33.9 Å². The van der Waals surface area contributed by atoms with Gasteiger partial charge in [-0.05, 0) is 18.6 Å². The second kappa shape index (κ2) is 4.91. The maximum atomic E-state index is 10.7. The Bertz CT molecular complexity index is 394. The molecule has 6 nitrogen and oxygen atoms in total. The van der Waals surface area contributed by atoms with Gasteiger partial charge in [0.05, 0.1) is 22.6 Å². The van der Waals surface area contributed by atoms with Crippen molar-refractivity contribution in [2.24, 2.45) is 5.73 Å². The summed E-state index contributed by atoms with van der Waals surface area (Å²) in [6.45, 7) is 1.72. The van der Waals surface area contributed by atoms with E-state index in [1.807, 2.05) is 0 Å². The van der Waals surface area contributed by atoms with Gasteiger partial charge in [-0.15, -0.1) is 0 Å². The first-order chi connectivity index (χ1) is 7.47. The van der Waals surface area contributed by atoms with Crippen LogP contribution in [-0.2, 0) is 0 Å². The van der Waals surface area contributed by atoms with Crippen LogP contribution in [0.4, 0.5) is 5.69 Å². The van der Waals surface area contributed by atoms with Gasteiger partial charge in [0.2, 0.25) is 0 Å². The molecule has 0 amide bonds. The molecule has 0 saturated carbocycles. The minimum atomic E-state index is -0.877. The average molecular weight is 226 g/mol. The van der Waals surface area contributed by atoms with Crippen molar-refractivity contribution in [3.8, 4) is 5.75 Å². The van der Waals surface area contributed by atoms with Gasteiger partial charge in [0.15, 0.2) is 0 Å². The fourth-order valence-electron chi connectivity index (χ4n) is 1.44. The molecule has 0 unspecified atom stereocenters. The molecule has 88 valence electrons. The Balaban J connectivity index is 3.19. The van der Waals surface area contributed by atoms with Crippen LogP contribution in [-0.4, -0.2) is 21.2 Å². The lowest BCUT2D eigenvalue weighted by atomic mass is 9.99. The zero-order valence-corrected chi connectivity index (χ0v) is 8.83. The average Bonchev–Trinajstić information content (AvgIpc) is 2.26. The van der Waals surface area contributed by atoms with Crippen LogP contribution >= 0.6 is 0 Å². The second-order valence-corrected chi connectivity index (χ2v) is 3.50. The Labute approximate surface area is 92.5 Å². The molecule has 0 aliphatic heterocycles. The minimum absolute atomic E-state index is 0.112. The number of hydrogen-bond donors (Lipinski definition) is 3. The molecule has 1 rings (SSSR count). The monoisotopic (exact) mass is 226 g/mol. The Kier molecular flexibility index (Phi) is 3.81. The van der Waals surface area contributed by atoms with Crippen LogP contribution in [0.25, 0.3) is 0 Å². The number of phenolic OH excluding ortho intramolecular Hbond substituents is 1. The largest absolute Gasteiger partial charge is 0.508 e. The molecule has 1 aromatic rings. The van der Waals surface area contributed by atoms with Gasteiger partial charge in [0, 0.05) is 6.07 Å². The van der Waals surface area contributed by atoms with E-state index in [1.54, 1.807) is 6.92 Å². The molecule has 0 spiro atoms. The molecule has 0 heterocycles. The van der Waals surface area contributed by atoms with E-state index >= 15 is 0 Å². The number of aliphatic hydroxyl groups is 1. The maximum absolute atomic E-state index is 10.7. The third-order valence-corrected chi connectivity index (χ3v) is 2.40. The van der Waals surface area contributed by atoms with Crippen molar-refractivity contribution in [2.45, 2.75) is 25.5 Å². The highest BCUT2D eigenvalue weighted by Gasteiger charge is 2.24. The van der Waals surface area contributed by atoms with E-state index in [4.69, 9.17) is 5.73 Å². The summed E-state index contributed by atoms with van der Waals surface area (Å²) in [5.41, 5.74) is 5.63. The lowest BCUT2D eigenvalue weighted by molar-refractivity contribution is -0.385. The van der Waals surface area contributed by atoms with Gasteiger partial charge in [-0.1, -0.05) is 6.92 Å². The molecular weight excluding hydrogens is 212 g/mol. The number of hydrogen-bond acceptors (Lipinski definition) is 5. The second-order valence-electron chi connectivity index (χ2n) is 3.50. The summed E-state index contributed by atoms with van der Waals surface area (Å²) in [5.74, 6) is -0.112. The number of nitrogens with zero attached hydrogens (tertiary/aromatic N) is 1. The van der Waals surface area contributed by atoms with Crippen molar-refractivity contribution in [1.29, 1.82) is 0 Å². The van der Waals surface area contributed by atoms with Crippen molar-refractivity contribution in [1.82, 2.24) is 0 Å².